The van der Waals surface area contributed by atoms with Crippen LogP contribution in [0.15, 0.2) is 16.5 Å². The lowest BCUT2D eigenvalue weighted by atomic mass is 9.93. The molecular weight excluding hydrogens is 222 g/mol. The molecular formula is C13H22ClNO. The Balaban J connectivity index is 2.66. The highest BCUT2D eigenvalue weighted by atomic mass is 35.5. The Bertz CT molecular complexity index is 294. The summed E-state index contributed by atoms with van der Waals surface area (Å²) in [4.78, 5) is 0. The molecule has 1 heterocycles. The lowest BCUT2D eigenvalue weighted by molar-refractivity contribution is 0.332. The second-order valence-corrected chi connectivity index (χ2v) is 4.54. The van der Waals surface area contributed by atoms with E-state index in [-0.39, 0.29) is 0 Å². The third-order valence-electron chi connectivity index (χ3n) is 3.11. The van der Waals surface area contributed by atoms with Crippen molar-refractivity contribution < 1.29 is 4.42 Å². The molecule has 92 valence electrons. The minimum absolute atomic E-state index is 0.294. The van der Waals surface area contributed by atoms with Gasteiger partial charge in [-0.15, -0.1) is 0 Å². The number of furan rings is 1. The summed E-state index contributed by atoms with van der Waals surface area (Å²) in [6, 6.07) is 4.08. The second-order valence-electron chi connectivity index (χ2n) is 4.17. The summed E-state index contributed by atoms with van der Waals surface area (Å²) < 4.78 is 5.49. The van der Waals surface area contributed by atoms with Crippen molar-refractivity contribution in [2.24, 2.45) is 5.92 Å². The number of halogens is 1. The summed E-state index contributed by atoms with van der Waals surface area (Å²) in [5, 5.41) is 3.93. The molecule has 1 aromatic rings. The van der Waals surface area contributed by atoms with Gasteiger partial charge >= 0.3 is 0 Å². The molecule has 0 amide bonds. The molecule has 0 aromatic carbocycles. The van der Waals surface area contributed by atoms with Gasteiger partial charge in [-0.2, -0.15) is 0 Å². The molecule has 0 saturated heterocycles. The van der Waals surface area contributed by atoms with Crippen molar-refractivity contribution in [3.05, 3.63) is 23.1 Å². The quantitative estimate of drug-likeness (QED) is 0.768. The summed E-state index contributed by atoms with van der Waals surface area (Å²) in [5.41, 5.74) is 0. The van der Waals surface area contributed by atoms with E-state index in [0.29, 0.717) is 11.3 Å². The van der Waals surface area contributed by atoms with Crippen LogP contribution in [0.3, 0.4) is 0 Å². The van der Waals surface area contributed by atoms with E-state index in [9.17, 15) is 0 Å². The minimum Gasteiger partial charge on any atom is -0.448 e. The zero-order valence-corrected chi connectivity index (χ0v) is 11.2. The highest BCUT2D eigenvalue weighted by Gasteiger charge is 2.18. The smallest absolute Gasteiger partial charge is 0.193 e. The van der Waals surface area contributed by atoms with E-state index in [1.807, 2.05) is 12.1 Å². The van der Waals surface area contributed by atoms with E-state index in [1.165, 1.54) is 12.8 Å². The molecule has 0 fully saturated rings. The number of hydrogen-bond donors (Lipinski definition) is 1. The van der Waals surface area contributed by atoms with Crippen molar-refractivity contribution in [2.45, 2.75) is 46.1 Å². The first-order valence-electron chi connectivity index (χ1n) is 6.19. The zero-order chi connectivity index (χ0) is 12.0. The van der Waals surface area contributed by atoms with Crippen LogP contribution in [0, 0.1) is 5.92 Å². The predicted octanol–water partition coefficient (Wildman–Crippen LogP) is 4.41. The molecule has 0 aliphatic heterocycles. The fourth-order valence-corrected chi connectivity index (χ4v) is 2.17. The van der Waals surface area contributed by atoms with Gasteiger partial charge in [0.25, 0.3) is 0 Å². The first kappa shape index (κ1) is 13.6. The van der Waals surface area contributed by atoms with Gasteiger partial charge in [-0.05, 0) is 42.6 Å². The van der Waals surface area contributed by atoms with E-state index in [0.717, 1.165) is 24.6 Å². The molecule has 0 saturated carbocycles. The Labute approximate surface area is 103 Å². The van der Waals surface area contributed by atoms with Crippen LogP contribution in [0.2, 0.25) is 5.22 Å². The first-order valence-corrected chi connectivity index (χ1v) is 6.57. The van der Waals surface area contributed by atoms with E-state index >= 15 is 0 Å². The van der Waals surface area contributed by atoms with Gasteiger partial charge in [0.1, 0.15) is 5.76 Å². The second kappa shape index (κ2) is 6.97. The molecule has 0 bridgehead atoms. The maximum atomic E-state index is 5.81. The Morgan fingerprint density at radius 2 is 1.94 bits per heavy atom. The minimum atomic E-state index is 0.294. The van der Waals surface area contributed by atoms with Gasteiger partial charge in [0.05, 0.1) is 6.04 Å². The monoisotopic (exact) mass is 243 g/mol. The van der Waals surface area contributed by atoms with E-state index in [4.69, 9.17) is 16.0 Å². The molecule has 0 aliphatic carbocycles. The zero-order valence-electron chi connectivity index (χ0n) is 10.4. The molecule has 1 unspecified atom stereocenters. The Morgan fingerprint density at radius 1 is 1.25 bits per heavy atom. The van der Waals surface area contributed by atoms with E-state index in [1.54, 1.807) is 0 Å². The van der Waals surface area contributed by atoms with Gasteiger partial charge in [-0.1, -0.05) is 33.6 Å². The third-order valence-corrected chi connectivity index (χ3v) is 3.31. The molecule has 0 spiro atoms. The van der Waals surface area contributed by atoms with Crippen molar-refractivity contribution in [1.29, 1.82) is 0 Å². The molecule has 16 heavy (non-hydrogen) atoms. The van der Waals surface area contributed by atoms with Gasteiger partial charge in [-0.3, -0.25) is 0 Å². The normalized spacial score (nSPS) is 13.3. The third kappa shape index (κ3) is 3.84. The van der Waals surface area contributed by atoms with Crippen LogP contribution in [0.1, 0.15) is 51.8 Å². The van der Waals surface area contributed by atoms with Crippen LogP contribution in [-0.4, -0.2) is 6.54 Å². The SMILES string of the molecule is CCNC(CC(CC)CC)c1ccc(Cl)o1. The van der Waals surface area contributed by atoms with Crippen LogP contribution in [0.25, 0.3) is 0 Å². The average Bonchev–Trinajstić information content (AvgIpc) is 2.71. The summed E-state index contributed by atoms with van der Waals surface area (Å²) in [7, 11) is 0. The van der Waals surface area contributed by atoms with Crippen molar-refractivity contribution in [1.82, 2.24) is 5.32 Å². The predicted molar refractivity (Wildman–Crippen MR) is 68.8 cm³/mol. The molecule has 1 rings (SSSR count). The molecule has 1 N–H and O–H groups in total. The topological polar surface area (TPSA) is 25.2 Å². The summed E-state index contributed by atoms with van der Waals surface area (Å²) in [5.74, 6) is 1.70. The maximum Gasteiger partial charge on any atom is 0.193 e. The summed E-state index contributed by atoms with van der Waals surface area (Å²) >= 11 is 5.81. The Morgan fingerprint density at radius 3 is 2.38 bits per heavy atom. The van der Waals surface area contributed by atoms with Crippen LogP contribution < -0.4 is 5.32 Å². The van der Waals surface area contributed by atoms with E-state index in [2.05, 4.69) is 26.1 Å². The van der Waals surface area contributed by atoms with Crippen LogP contribution in [-0.2, 0) is 0 Å². The largest absolute Gasteiger partial charge is 0.448 e. The van der Waals surface area contributed by atoms with E-state index < -0.39 is 0 Å². The highest BCUT2D eigenvalue weighted by molar-refractivity contribution is 6.28. The lowest BCUT2D eigenvalue weighted by Crippen LogP contribution is -2.22. The maximum absolute atomic E-state index is 5.81. The fraction of sp³-hybridized carbons (Fsp3) is 0.692. The standard InChI is InChI=1S/C13H22ClNO/c1-4-10(5-2)9-11(15-6-3)12-7-8-13(14)16-12/h7-8,10-11,15H,4-6,9H2,1-3H3. The fourth-order valence-electron chi connectivity index (χ4n) is 2.02. The molecule has 0 aliphatic rings. The molecule has 3 heteroatoms. The van der Waals surface area contributed by atoms with Crippen molar-refractivity contribution >= 4 is 11.6 Å². The van der Waals surface area contributed by atoms with Gasteiger partial charge in [0.2, 0.25) is 0 Å². The van der Waals surface area contributed by atoms with Crippen molar-refractivity contribution in [3.63, 3.8) is 0 Å². The number of rotatable bonds is 7. The van der Waals surface area contributed by atoms with Gasteiger partial charge < -0.3 is 9.73 Å². The molecule has 1 aromatic heterocycles. The summed E-state index contributed by atoms with van der Waals surface area (Å²) in [6.45, 7) is 7.55. The van der Waals surface area contributed by atoms with Gasteiger partial charge in [-0.25, -0.2) is 0 Å². The van der Waals surface area contributed by atoms with Crippen molar-refractivity contribution in [3.8, 4) is 0 Å². The highest BCUT2D eigenvalue weighted by Crippen LogP contribution is 2.27. The van der Waals surface area contributed by atoms with Crippen LogP contribution in [0.5, 0.6) is 0 Å². The van der Waals surface area contributed by atoms with Crippen molar-refractivity contribution in [2.75, 3.05) is 6.54 Å². The number of nitrogens with one attached hydrogen (secondary N) is 1. The average molecular weight is 244 g/mol. The van der Waals surface area contributed by atoms with Crippen LogP contribution in [0.4, 0.5) is 0 Å². The molecule has 2 nitrogen and oxygen atoms in total. The Kier molecular flexibility index (Phi) is 5.93. The first-order chi connectivity index (χ1) is 7.71. The number of hydrogen-bond acceptors (Lipinski definition) is 2. The molecule has 1 atom stereocenters. The molecule has 0 radical (unpaired) electrons. The summed E-state index contributed by atoms with van der Waals surface area (Å²) in [6.07, 6.45) is 3.55. The van der Waals surface area contributed by atoms with Crippen LogP contribution >= 0.6 is 11.6 Å². The van der Waals surface area contributed by atoms with Gasteiger partial charge in [0, 0.05) is 0 Å². The lowest BCUT2D eigenvalue weighted by Gasteiger charge is -2.20. The van der Waals surface area contributed by atoms with Gasteiger partial charge in [0.15, 0.2) is 5.22 Å². The Hall–Kier alpha value is -0.470.